The molecule has 3 fully saturated rings. The van der Waals surface area contributed by atoms with Gasteiger partial charge in [-0.1, -0.05) is 25.0 Å². The van der Waals surface area contributed by atoms with Crippen molar-refractivity contribution >= 4 is 23.5 Å². The summed E-state index contributed by atoms with van der Waals surface area (Å²) >= 11 is 0. The Balaban J connectivity index is 1.67. The van der Waals surface area contributed by atoms with Crippen molar-refractivity contribution in [2.75, 3.05) is 20.2 Å². The number of rotatable bonds is 6. The van der Waals surface area contributed by atoms with Crippen LogP contribution in [0.1, 0.15) is 63.9 Å². The molecule has 2 saturated heterocycles. The number of hydrogen-bond donors (Lipinski definition) is 0. The number of ketones is 1. The molecular weight excluding hydrogens is 408 g/mol. The molecule has 3 aliphatic rings. The van der Waals surface area contributed by atoms with E-state index >= 15 is 0 Å². The number of likely N-dealkylation sites (tertiary alicyclic amines) is 2. The van der Waals surface area contributed by atoms with Gasteiger partial charge < -0.3 is 9.64 Å². The lowest BCUT2D eigenvalue weighted by atomic mass is 9.75. The molecule has 0 unspecified atom stereocenters. The number of ether oxygens (including phenoxy) is 1. The van der Waals surface area contributed by atoms with Crippen LogP contribution in [0.4, 0.5) is 0 Å². The van der Waals surface area contributed by atoms with Crippen molar-refractivity contribution in [1.29, 1.82) is 0 Å². The maximum absolute atomic E-state index is 13.9. The van der Waals surface area contributed by atoms with Gasteiger partial charge in [-0.05, 0) is 50.3 Å². The summed E-state index contributed by atoms with van der Waals surface area (Å²) in [6.07, 6.45) is 5.14. The molecule has 1 saturated carbocycles. The largest absolute Gasteiger partial charge is 0.497 e. The molecule has 3 amide bonds. The van der Waals surface area contributed by atoms with Gasteiger partial charge in [-0.3, -0.25) is 24.1 Å². The Morgan fingerprint density at radius 2 is 1.88 bits per heavy atom. The van der Waals surface area contributed by atoms with Gasteiger partial charge in [0.2, 0.25) is 17.7 Å². The molecule has 2 aliphatic heterocycles. The lowest BCUT2D eigenvalue weighted by molar-refractivity contribution is -0.145. The lowest BCUT2D eigenvalue weighted by Gasteiger charge is -2.35. The zero-order chi connectivity index (χ0) is 22.9. The van der Waals surface area contributed by atoms with Crippen LogP contribution in [0, 0.1) is 5.92 Å². The maximum Gasteiger partial charge on any atom is 0.241 e. The quantitative estimate of drug-likeness (QED) is 0.635. The zero-order valence-corrected chi connectivity index (χ0v) is 19.0. The molecular formula is C25H32N2O5. The number of carbonyl (C=O) groups is 4. The first kappa shape index (κ1) is 22.5. The van der Waals surface area contributed by atoms with E-state index in [1.807, 2.05) is 6.07 Å². The van der Waals surface area contributed by atoms with Gasteiger partial charge in [0.15, 0.2) is 0 Å². The van der Waals surface area contributed by atoms with Crippen LogP contribution >= 0.6 is 0 Å². The van der Waals surface area contributed by atoms with E-state index in [-0.39, 0.29) is 48.3 Å². The summed E-state index contributed by atoms with van der Waals surface area (Å²) in [5, 5.41) is 0. The van der Waals surface area contributed by atoms with Gasteiger partial charge in [-0.15, -0.1) is 0 Å². The van der Waals surface area contributed by atoms with Gasteiger partial charge in [0.1, 0.15) is 11.5 Å². The number of carbonyl (C=O) groups excluding carboxylic acids is 4. The van der Waals surface area contributed by atoms with Gasteiger partial charge in [-0.25, -0.2) is 0 Å². The van der Waals surface area contributed by atoms with Gasteiger partial charge in [0.05, 0.1) is 12.5 Å². The van der Waals surface area contributed by atoms with E-state index in [1.165, 1.54) is 4.90 Å². The van der Waals surface area contributed by atoms with Crippen molar-refractivity contribution in [3.63, 3.8) is 0 Å². The molecule has 1 aromatic rings. The second kappa shape index (κ2) is 9.04. The minimum Gasteiger partial charge on any atom is -0.497 e. The summed E-state index contributed by atoms with van der Waals surface area (Å²) < 4.78 is 5.37. The highest BCUT2D eigenvalue weighted by Gasteiger charge is 2.56. The van der Waals surface area contributed by atoms with E-state index in [4.69, 9.17) is 4.74 Å². The number of methoxy groups -OCH3 is 1. The predicted molar refractivity (Wildman–Crippen MR) is 118 cm³/mol. The van der Waals surface area contributed by atoms with Crippen LogP contribution in [-0.2, 0) is 24.6 Å². The van der Waals surface area contributed by atoms with Crippen LogP contribution in [0.2, 0.25) is 0 Å². The van der Waals surface area contributed by atoms with E-state index in [0.29, 0.717) is 24.4 Å². The molecule has 0 aromatic heterocycles. The Hall–Kier alpha value is -2.70. The molecule has 172 valence electrons. The summed E-state index contributed by atoms with van der Waals surface area (Å²) in [6.45, 7) is 2.52. The van der Waals surface area contributed by atoms with Crippen molar-refractivity contribution in [2.24, 2.45) is 5.92 Å². The number of nitrogens with zero attached hydrogens (tertiary/aromatic N) is 2. The highest BCUT2D eigenvalue weighted by atomic mass is 16.5. The van der Waals surface area contributed by atoms with Crippen LogP contribution in [0.3, 0.4) is 0 Å². The van der Waals surface area contributed by atoms with Crippen LogP contribution in [-0.4, -0.2) is 59.5 Å². The first-order chi connectivity index (χ1) is 15.4. The zero-order valence-electron chi connectivity index (χ0n) is 19.0. The summed E-state index contributed by atoms with van der Waals surface area (Å²) in [4.78, 5) is 55.4. The second-order valence-corrected chi connectivity index (χ2v) is 9.46. The van der Waals surface area contributed by atoms with Gasteiger partial charge in [-0.2, -0.15) is 0 Å². The van der Waals surface area contributed by atoms with E-state index in [9.17, 15) is 19.2 Å². The summed E-state index contributed by atoms with van der Waals surface area (Å²) in [5.74, 6) is -0.119. The van der Waals surface area contributed by atoms with Gasteiger partial charge >= 0.3 is 0 Å². The molecule has 2 heterocycles. The maximum atomic E-state index is 13.9. The molecule has 1 aliphatic carbocycles. The number of imide groups is 1. The van der Waals surface area contributed by atoms with Crippen molar-refractivity contribution in [1.82, 2.24) is 9.80 Å². The fourth-order valence-electron chi connectivity index (χ4n) is 5.59. The highest BCUT2D eigenvalue weighted by molar-refractivity contribution is 6.11. The Bertz CT molecular complexity index is 923. The molecule has 7 nitrogen and oxygen atoms in total. The fourth-order valence-corrected chi connectivity index (χ4v) is 5.59. The average molecular weight is 441 g/mol. The molecule has 7 heteroatoms. The van der Waals surface area contributed by atoms with Crippen LogP contribution < -0.4 is 4.74 Å². The first-order valence-corrected chi connectivity index (χ1v) is 11.6. The monoisotopic (exact) mass is 440 g/mol. The van der Waals surface area contributed by atoms with Crippen LogP contribution in [0.25, 0.3) is 0 Å². The van der Waals surface area contributed by atoms with E-state index in [1.54, 1.807) is 37.1 Å². The number of amides is 3. The van der Waals surface area contributed by atoms with Gasteiger partial charge in [0, 0.05) is 37.9 Å². The number of benzene rings is 1. The Morgan fingerprint density at radius 3 is 2.56 bits per heavy atom. The normalized spacial score (nSPS) is 26.6. The van der Waals surface area contributed by atoms with E-state index in [0.717, 1.165) is 38.5 Å². The number of hydrogen-bond acceptors (Lipinski definition) is 5. The van der Waals surface area contributed by atoms with Crippen LogP contribution in [0.5, 0.6) is 5.75 Å². The second-order valence-electron chi connectivity index (χ2n) is 9.46. The number of piperidine rings is 1. The Morgan fingerprint density at radius 1 is 1.12 bits per heavy atom. The third kappa shape index (κ3) is 4.05. The highest BCUT2D eigenvalue weighted by Crippen LogP contribution is 2.44. The third-order valence-electron chi connectivity index (χ3n) is 7.46. The standard InChI is InChI=1S/C25H32N2O5/c1-17(28)18-7-6-12-26(16-18)22(29)14-25(19-8-5-11-21(13-19)32-2)15-23(30)27(24(25)31)20-9-3-4-10-20/h5,8,11,13,18,20H,3-4,6-7,9-10,12,14-16H2,1-2H3/t18-,25+/m1/s1. The average Bonchev–Trinajstić information content (AvgIpc) is 3.40. The van der Waals surface area contributed by atoms with Crippen molar-refractivity contribution in [2.45, 2.75) is 69.7 Å². The first-order valence-electron chi connectivity index (χ1n) is 11.6. The molecule has 0 N–H and O–H groups in total. The molecule has 0 radical (unpaired) electrons. The minimum absolute atomic E-state index is 0.00871. The molecule has 0 spiro atoms. The Labute approximate surface area is 189 Å². The lowest BCUT2D eigenvalue weighted by Crippen LogP contribution is -2.48. The molecule has 2 atom stereocenters. The molecule has 32 heavy (non-hydrogen) atoms. The van der Waals surface area contributed by atoms with Crippen molar-refractivity contribution in [3.8, 4) is 5.75 Å². The summed E-state index contributed by atoms with van der Waals surface area (Å²) in [5.41, 5.74) is -0.585. The van der Waals surface area contributed by atoms with Crippen molar-refractivity contribution in [3.05, 3.63) is 29.8 Å². The SMILES string of the molecule is COc1cccc([C@]2(CC(=O)N3CCC[C@@H](C(C)=O)C3)CC(=O)N(C3CCCC3)C2=O)c1. The third-order valence-corrected chi connectivity index (χ3v) is 7.46. The molecule has 4 rings (SSSR count). The minimum atomic E-state index is -1.23. The smallest absolute Gasteiger partial charge is 0.241 e. The Kier molecular flexibility index (Phi) is 6.35. The predicted octanol–water partition coefficient (Wildman–Crippen LogP) is 2.85. The molecule has 1 aromatic carbocycles. The van der Waals surface area contributed by atoms with E-state index < -0.39 is 5.41 Å². The van der Waals surface area contributed by atoms with Gasteiger partial charge in [0.25, 0.3) is 0 Å². The summed E-state index contributed by atoms with van der Waals surface area (Å²) in [7, 11) is 1.55. The topological polar surface area (TPSA) is 84.0 Å². The number of Topliss-reactive ketones (excluding diaryl/α,β-unsaturated/α-hetero) is 1. The van der Waals surface area contributed by atoms with Crippen molar-refractivity contribution < 1.29 is 23.9 Å². The van der Waals surface area contributed by atoms with E-state index in [2.05, 4.69) is 0 Å². The summed E-state index contributed by atoms with van der Waals surface area (Å²) in [6, 6.07) is 7.09. The molecule has 0 bridgehead atoms. The van der Waals surface area contributed by atoms with Crippen LogP contribution in [0.15, 0.2) is 24.3 Å². The fraction of sp³-hybridized carbons (Fsp3) is 0.600.